The molecule has 5 rings (SSSR count). The molecule has 1 N–H and O–H groups in total. The zero-order chi connectivity index (χ0) is 33.4. The fraction of sp³-hybridized carbons (Fsp3) is 0.294. The van der Waals surface area contributed by atoms with Gasteiger partial charge >= 0.3 is 5.69 Å². The molecule has 0 saturated heterocycles. The largest absolute Gasteiger partial charge is 0.497 e. The standard InChI is InChI=1S/C34H37N3O7S2/c1-34(2,3)28-16-24(37-13-12-31(38)35-33(37)39)15-27(32(28)44-6)21-9-11-26-23(20-45-30(26)14-21)19-36(46(7,40)41)18-22-8-10-25(42-4)17-29(22)43-5/h8-17,20H,18-19H2,1-7H3,(H,35,38,39). The molecule has 12 heteroatoms. The molecule has 0 aliphatic carbocycles. The smallest absolute Gasteiger partial charge is 0.332 e. The number of ether oxygens (including phenoxy) is 3. The van der Waals surface area contributed by atoms with Crippen molar-refractivity contribution in [1.82, 2.24) is 13.9 Å². The minimum Gasteiger partial charge on any atom is -0.497 e. The van der Waals surface area contributed by atoms with Crippen molar-refractivity contribution in [2.45, 2.75) is 39.3 Å². The van der Waals surface area contributed by atoms with Gasteiger partial charge in [-0.05, 0) is 51.6 Å². The summed E-state index contributed by atoms with van der Waals surface area (Å²) in [5.74, 6) is 1.85. The summed E-state index contributed by atoms with van der Waals surface area (Å²) in [7, 11) is 1.15. The van der Waals surface area contributed by atoms with Crippen LogP contribution in [0.25, 0.3) is 26.9 Å². The third kappa shape index (κ3) is 6.74. The van der Waals surface area contributed by atoms with E-state index >= 15 is 0 Å². The fourth-order valence-electron chi connectivity index (χ4n) is 5.39. The summed E-state index contributed by atoms with van der Waals surface area (Å²) >= 11 is 1.52. The molecule has 0 bridgehead atoms. The zero-order valence-electron chi connectivity index (χ0n) is 26.8. The van der Waals surface area contributed by atoms with Gasteiger partial charge in [0.15, 0.2) is 0 Å². The van der Waals surface area contributed by atoms with E-state index in [1.165, 1.54) is 38.7 Å². The van der Waals surface area contributed by atoms with Crippen LogP contribution in [0, 0.1) is 0 Å². The van der Waals surface area contributed by atoms with Crippen molar-refractivity contribution >= 4 is 31.4 Å². The van der Waals surface area contributed by atoms with E-state index in [1.807, 2.05) is 41.8 Å². The molecule has 5 aromatic rings. The molecule has 0 amide bonds. The van der Waals surface area contributed by atoms with Gasteiger partial charge in [-0.15, -0.1) is 11.3 Å². The number of nitrogens with one attached hydrogen (secondary N) is 1. The van der Waals surface area contributed by atoms with Crippen LogP contribution in [0.15, 0.2) is 75.8 Å². The second kappa shape index (κ2) is 12.8. The highest BCUT2D eigenvalue weighted by Gasteiger charge is 2.25. The number of nitrogens with zero attached hydrogens (tertiary/aromatic N) is 2. The number of benzene rings is 3. The Balaban J connectivity index is 1.57. The molecule has 0 unspecified atom stereocenters. The first kappa shape index (κ1) is 33.0. The van der Waals surface area contributed by atoms with Crippen LogP contribution in [0.3, 0.4) is 0 Å². The summed E-state index contributed by atoms with van der Waals surface area (Å²) in [4.78, 5) is 26.8. The lowest BCUT2D eigenvalue weighted by molar-refractivity contribution is 0.371. The average molecular weight is 664 g/mol. The Kier molecular flexibility index (Phi) is 9.16. The van der Waals surface area contributed by atoms with E-state index < -0.39 is 21.3 Å². The summed E-state index contributed by atoms with van der Waals surface area (Å²) in [6.45, 7) is 6.51. The van der Waals surface area contributed by atoms with Gasteiger partial charge in [-0.1, -0.05) is 39.0 Å². The van der Waals surface area contributed by atoms with Gasteiger partial charge in [-0.2, -0.15) is 4.31 Å². The Morgan fingerprint density at radius 2 is 1.63 bits per heavy atom. The summed E-state index contributed by atoms with van der Waals surface area (Å²) in [5, 5.41) is 2.92. The number of sulfonamides is 1. The highest BCUT2D eigenvalue weighted by atomic mass is 32.2. The first-order valence-electron chi connectivity index (χ1n) is 14.4. The van der Waals surface area contributed by atoms with Crippen molar-refractivity contribution in [3.05, 3.63) is 104 Å². The molecule has 3 aromatic carbocycles. The van der Waals surface area contributed by atoms with E-state index in [0.29, 0.717) is 22.9 Å². The van der Waals surface area contributed by atoms with Crippen LogP contribution in [0.2, 0.25) is 0 Å². The number of aromatic nitrogens is 2. The van der Waals surface area contributed by atoms with Gasteiger partial charge in [0, 0.05) is 52.8 Å². The lowest BCUT2D eigenvalue weighted by Crippen LogP contribution is -2.29. The highest BCUT2D eigenvalue weighted by Crippen LogP contribution is 2.42. The molecule has 0 aliphatic rings. The Labute approximate surface area is 271 Å². The van der Waals surface area contributed by atoms with Crippen molar-refractivity contribution in [1.29, 1.82) is 0 Å². The maximum atomic E-state index is 12.9. The van der Waals surface area contributed by atoms with Gasteiger partial charge in [0.05, 0.1) is 33.3 Å². The van der Waals surface area contributed by atoms with E-state index in [-0.39, 0.29) is 18.5 Å². The molecule has 2 aromatic heterocycles. The van der Waals surface area contributed by atoms with Gasteiger partial charge in [0.1, 0.15) is 17.2 Å². The number of H-pyrrole nitrogens is 1. The number of rotatable bonds is 10. The monoisotopic (exact) mass is 663 g/mol. The van der Waals surface area contributed by atoms with E-state index in [2.05, 4.69) is 25.8 Å². The summed E-state index contributed by atoms with van der Waals surface area (Å²) < 4.78 is 46.4. The van der Waals surface area contributed by atoms with E-state index in [9.17, 15) is 18.0 Å². The predicted octanol–water partition coefficient (Wildman–Crippen LogP) is 5.69. The second-order valence-electron chi connectivity index (χ2n) is 12.0. The maximum Gasteiger partial charge on any atom is 0.332 e. The minimum atomic E-state index is -3.58. The number of hydrogen-bond donors (Lipinski definition) is 1. The molecule has 46 heavy (non-hydrogen) atoms. The normalized spacial score (nSPS) is 12.1. The van der Waals surface area contributed by atoms with Crippen LogP contribution >= 0.6 is 11.3 Å². The quantitative estimate of drug-likeness (QED) is 0.204. The molecule has 0 radical (unpaired) electrons. The zero-order valence-corrected chi connectivity index (χ0v) is 28.5. The SMILES string of the molecule is COc1ccc(CN(Cc2csc3cc(-c4cc(-n5ccc(=O)[nH]c5=O)cc(C(C)(C)C)c4OC)ccc23)S(C)(=O)=O)c(OC)c1. The molecular weight excluding hydrogens is 627 g/mol. The van der Waals surface area contributed by atoms with Gasteiger partial charge in [-0.25, -0.2) is 13.2 Å². The van der Waals surface area contributed by atoms with Crippen molar-refractivity contribution < 1.29 is 22.6 Å². The second-order valence-corrected chi connectivity index (χ2v) is 14.9. The highest BCUT2D eigenvalue weighted by molar-refractivity contribution is 7.88. The molecule has 0 aliphatic heterocycles. The van der Waals surface area contributed by atoms with Crippen LogP contribution < -0.4 is 25.5 Å². The van der Waals surface area contributed by atoms with Crippen LogP contribution in [0.5, 0.6) is 17.2 Å². The molecule has 2 heterocycles. The van der Waals surface area contributed by atoms with Gasteiger partial charge in [0.25, 0.3) is 5.56 Å². The number of aromatic amines is 1. The topological polar surface area (TPSA) is 120 Å². The molecule has 0 atom stereocenters. The third-order valence-electron chi connectivity index (χ3n) is 7.81. The third-order valence-corrected chi connectivity index (χ3v) is 10.0. The Hall–Kier alpha value is -4.39. The molecule has 242 valence electrons. The van der Waals surface area contributed by atoms with Gasteiger partial charge < -0.3 is 14.2 Å². The number of fused-ring (bicyclic) bond motifs is 1. The van der Waals surface area contributed by atoms with Crippen molar-refractivity contribution in [3.63, 3.8) is 0 Å². The van der Waals surface area contributed by atoms with E-state index in [0.717, 1.165) is 37.9 Å². The molecule has 0 spiro atoms. The molecular formula is C34H37N3O7S2. The first-order chi connectivity index (χ1) is 21.7. The Bertz CT molecular complexity index is 2140. The number of thiophene rings is 1. The Morgan fingerprint density at radius 3 is 2.26 bits per heavy atom. The molecule has 0 fully saturated rings. The number of methoxy groups -OCH3 is 3. The van der Waals surface area contributed by atoms with Crippen LogP contribution in [0.4, 0.5) is 0 Å². The van der Waals surface area contributed by atoms with Crippen LogP contribution in [0.1, 0.15) is 37.5 Å². The van der Waals surface area contributed by atoms with Gasteiger partial charge in [0.2, 0.25) is 10.0 Å². The number of hydrogen-bond acceptors (Lipinski definition) is 8. The Morgan fingerprint density at radius 1 is 0.891 bits per heavy atom. The van der Waals surface area contributed by atoms with Crippen LogP contribution in [-0.2, 0) is 28.5 Å². The maximum absolute atomic E-state index is 12.9. The first-order valence-corrected chi connectivity index (χ1v) is 17.2. The molecule has 0 saturated carbocycles. The fourth-order valence-corrected chi connectivity index (χ4v) is 7.13. The summed E-state index contributed by atoms with van der Waals surface area (Å²) in [6.07, 6.45) is 2.67. The minimum absolute atomic E-state index is 0.130. The van der Waals surface area contributed by atoms with E-state index in [1.54, 1.807) is 33.5 Å². The summed E-state index contributed by atoms with van der Waals surface area (Å²) in [6, 6.07) is 16.4. The van der Waals surface area contributed by atoms with E-state index in [4.69, 9.17) is 14.2 Å². The lowest BCUT2D eigenvalue weighted by Gasteiger charge is -2.25. The van der Waals surface area contributed by atoms with Gasteiger partial charge in [-0.3, -0.25) is 14.3 Å². The predicted molar refractivity (Wildman–Crippen MR) is 182 cm³/mol. The average Bonchev–Trinajstić information content (AvgIpc) is 3.41. The molecule has 10 nitrogen and oxygen atoms in total. The van der Waals surface area contributed by atoms with Crippen LogP contribution in [-0.4, -0.2) is 49.9 Å². The van der Waals surface area contributed by atoms with Crippen molar-refractivity contribution in [3.8, 4) is 34.1 Å². The van der Waals surface area contributed by atoms with Crippen molar-refractivity contribution in [2.24, 2.45) is 0 Å². The summed E-state index contributed by atoms with van der Waals surface area (Å²) in [5.41, 5.74) is 3.39. The van der Waals surface area contributed by atoms with Crippen molar-refractivity contribution in [2.75, 3.05) is 27.6 Å². The lowest BCUT2D eigenvalue weighted by atomic mass is 9.83.